The molecule has 3 fully saturated rings. The molecule has 2 saturated heterocycles. The number of hydrogen-bond donors (Lipinski definition) is 2. The van der Waals surface area contributed by atoms with Gasteiger partial charge in [-0.05, 0) is 12.8 Å². The van der Waals surface area contributed by atoms with Gasteiger partial charge in [-0.2, -0.15) is 0 Å². The van der Waals surface area contributed by atoms with Gasteiger partial charge in [-0.1, -0.05) is 12.8 Å². The van der Waals surface area contributed by atoms with Crippen LogP contribution in [0.1, 0.15) is 25.7 Å². The molecule has 0 bridgehead atoms. The monoisotopic (exact) mass is 231 g/mol. The second-order valence-electron chi connectivity index (χ2n) is 4.06. The first kappa shape index (κ1) is 9.51. The summed E-state index contributed by atoms with van der Waals surface area (Å²) in [6.45, 7) is 0. The van der Waals surface area contributed by atoms with Crippen LogP contribution in [-0.4, -0.2) is 24.0 Å². The molecule has 82 valence electrons. The standard InChI is InChI=1S/C8H12N2O4P/c11-7-8(12)14-15(13-7)9-5-3-1-2-4-6(5)10-15/h5-6,9-10H,1-4H2/q+1. The molecule has 0 amide bonds. The average Bonchev–Trinajstić information content (AvgIpc) is 2.66. The minimum absolute atomic E-state index is 0.269. The zero-order chi connectivity index (χ0) is 10.5. The summed E-state index contributed by atoms with van der Waals surface area (Å²) in [5.41, 5.74) is 0. The van der Waals surface area contributed by atoms with Crippen LogP contribution >= 0.6 is 8.02 Å². The van der Waals surface area contributed by atoms with E-state index in [2.05, 4.69) is 10.2 Å². The number of fused-ring (bicyclic) bond motifs is 1. The third kappa shape index (κ3) is 1.44. The molecule has 0 aromatic heterocycles. The Morgan fingerprint density at radius 3 is 1.93 bits per heavy atom. The number of hydrogen-bond acceptors (Lipinski definition) is 6. The molecular weight excluding hydrogens is 219 g/mol. The van der Waals surface area contributed by atoms with Gasteiger partial charge < -0.3 is 0 Å². The summed E-state index contributed by atoms with van der Waals surface area (Å²) in [5.74, 6) is -1.77. The van der Waals surface area contributed by atoms with E-state index in [1.165, 1.54) is 0 Å². The first-order valence-electron chi connectivity index (χ1n) is 5.11. The van der Waals surface area contributed by atoms with Crippen LogP contribution < -0.4 is 10.2 Å². The molecule has 3 aliphatic rings. The fourth-order valence-electron chi connectivity index (χ4n) is 2.35. The van der Waals surface area contributed by atoms with E-state index >= 15 is 0 Å². The van der Waals surface area contributed by atoms with Crippen LogP contribution in [0.25, 0.3) is 0 Å². The molecule has 3 rings (SSSR count). The van der Waals surface area contributed by atoms with Crippen LogP contribution in [0.3, 0.4) is 0 Å². The minimum atomic E-state index is -2.61. The lowest BCUT2D eigenvalue weighted by molar-refractivity contribution is -0.150. The molecule has 0 aromatic rings. The third-order valence-corrected chi connectivity index (χ3v) is 5.22. The Balaban J connectivity index is 1.79. The van der Waals surface area contributed by atoms with Crippen LogP contribution in [-0.2, 0) is 18.6 Å². The predicted molar refractivity (Wildman–Crippen MR) is 51.4 cm³/mol. The number of nitrogens with one attached hydrogen (secondary N) is 2. The molecule has 2 N–H and O–H groups in total. The van der Waals surface area contributed by atoms with Crippen molar-refractivity contribution in [2.45, 2.75) is 37.8 Å². The summed E-state index contributed by atoms with van der Waals surface area (Å²) in [5, 5.41) is 6.29. The van der Waals surface area contributed by atoms with E-state index in [1.54, 1.807) is 0 Å². The molecule has 7 heteroatoms. The second kappa shape index (κ2) is 3.14. The Morgan fingerprint density at radius 1 is 1.00 bits per heavy atom. The van der Waals surface area contributed by atoms with E-state index in [-0.39, 0.29) is 12.1 Å². The summed E-state index contributed by atoms with van der Waals surface area (Å²) >= 11 is 0. The highest BCUT2D eigenvalue weighted by Crippen LogP contribution is 2.62. The van der Waals surface area contributed by atoms with Crippen LogP contribution in [0, 0.1) is 0 Å². The molecule has 1 spiro atoms. The largest absolute Gasteiger partial charge is 0.528 e. The Kier molecular flexibility index (Phi) is 1.99. The van der Waals surface area contributed by atoms with E-state index in [0.717, 1.165) is 25.7 Å². The zero-order valence-electron chi connectivity index (χ0n) is 8.06. The molecule has 0 aromatic carbocycles. The molecule has 2 atom stereocenters. The Hall–Kier alpha value is -0.710. The van der Waals surface area contributed by atoms with Crippen LogP contribution in [0.4, 0.5) is 0 Å². The van der Waals surface area contributed by atoms with E-state index in [1.807, 2.05) is 0 Å². The smallest absolute Gasteiger partial charge is 0.233 e. The number of rotatable bonds is 0. The Bertz CT molecular complexity index is 303. The van der Waals surface area contributed by atoms with Crippen LogP contribution in [0.2, 0.25) is 0 Å². The van der Waals surface area contributed by atoms with Crippen molar-refractivity contribution >= 4 is 20.0 Å². The molecule has 2 aliphatic heterocycles. The van der Waals surface area contributed by atoms with Gasteiger partial charge in [0.15, 0.2) is 0 Å². The third-order valence-electron chi connectivity index (χ3n) is 3.03. The maximum Gasteiger partial charge on any atom is 0.528 e. The SMILES string of the molecule is O=C1O[P+]2(NC3CCCCC3N2)OC1=O. The van der Waals surface area contributed by atoms with Crippen LogP contribution in [0.5, 0.6) is 0 Å². The molecule has 0 radical (unpaired) electrons. The maximum atomic E-state index is 11.0. The number of carbonyl (C=O) groups excluding carboxylic acids is 2. The zero-order valence-corrected chi connectivity index (χ0v) is 8.96. The van der Waals surface area contributed by atoms with Gasteiger partial charge in [0, 0.05) is 0 Å². The van der Waals surface area contributed by atoms with Gasteiger partial charge >= 0.3 is 20.0 Å². The summed E-state index contributed by atoms with van der Waals surface area (Å²) in [6, 6.07) is 0.538. The van der Waals surface area contributed by atoms with E-state index in [9.17, 15) is 9.59 Å². The van der Waals surface area contributed by atoms with Crippen molar-refractivity contribution in [3.8, 4) is 0 Å². The van der Waals surface area contributed by atoms with Gasteiger partial charge in [0.2, 0.25) is 0 Å². The lowest BCUT2D eigenvalue weighted by Crippen LogP contribution is -2.36. The summed E-state index contributed by atoms with van der Waals surface area (Å²) in [7, 11) is -2.61. The summed E-state index contributed by atoms with van der Waals surface area (Å²) in [4.78, 5) is 22.0. The molecule has 6 nitrogen and oxygen atoms in total. The molecular formula is C8H12N2O4P+. The summed E-state index contributed by atoms with van der Waals surface area (Å²) < 4.78 is 9.98. The van der Waals surface area contributed by atoms with Gasteiger partial charge in [0.1, 0.15) is 0 Å². The van der Waals surface area contributed by atoms with Crippen molar-refractivity contribution in [1.82, 2.24) is 10.2 Å². The highest BCUT2D eigenvalue weighted by molar-refractivity contribution is 7.64. The van der Waals surface area contributed by atoms with E-state index in [4.69, 9.17) is 9.05 Å². The van der Waals surface area contributed by atoms with Crippen molar-refractivity contribution in [3.05, 3.63) is 0 Å². The maximum absolute atomic E-state index is 11.0. The highest BCUT2D eigenvalue weighted by Gasteiger charge is 2.67. The molecule has 2 heterocycles. The van der Waals surface area contributed by atoms with Gasteiger partial charge in [-0.3, -0.25) is 0 Å². The van der Waals surface area contributed by atoms with Crippen molar-refractivity contribution in [2.75, 3.05) is 0 Å². The van der Waals surface area contributed by atoms with Crippen molar-refractivity contribution in [1.29, 1.82) is 0 Å². The van der Waals surface area contributed by atoms with Crippen molar-refractivity contribution in [2.24, 2.45) is 0 Å². The van der Waals surface area contributed by atoms with Crippen molar-refractivity contribution in [3.63, 3.8) is 0 Å². The summed E-state index contributed by atoms with van der Waals surface area (Å²) in [6.07, 6.45) is 4.40. The lowest BCUT2D eigenvalue weighted by Gasteiger charge is -2.19. The topological polar surface area (TPSA) is 76.7 Å². The van der Waals surface area contributed by atoms with E-state index < -0.39 is 20.0 Å². The molecule has 1 aliphatic carbocycles. The first-order chi connectivity index (χ1) is 7.19. The van der Waals surface area contributed by atoms with E-state index in [0.29, 0.717) is 0 Å². The fourth-order valence-corrected chi connectivity index (χ4v) is 4.78. The predicted octanol–water partition coefficient (Wildman–Crippen LogP) is 0.268. The highest BCUT2D eigenvalue weighted by atomic mass is 31.2. The Morgan fingerprint density at radius 2 is 1.47 bits per heavy atom. The molecule has 1 saturated carbocycles. The fraction of sp³-hybridized carbons (Fsp3) is 0.750. The van der Waals surface area contributed by atoms with Crippen LogP contribution in [0.15, 0.2) is 0 Å². The molecule has 15 heavy (non-hydrogen) atoms. The lowest BCUT2D eigenvalue weighted by atomic mass is 9.92. The van der Waals surface area contributed by atoms with Gasteiger partial charge in [-0.15, -0.1) is 10.2 Å². The van der Waals surface area contributed by atoms with Gasteiger partial charge in [0.05, 0.1) is 12.1 Å². The Labute approximate surface area is 87.3 Å². The van der Waals surface area contributed by atoms with Gasteiger partial charge in [0.25, 0.3) is 0 Å². The normalized spacial score (nSPS) is 37.6. The second-order valence-corrected chi connectivity index (χ2v) is 6.05. The minimum Gasteiger partial charge on any atom is -0.233 e. The number of carbonyl (C=O) groups is 2. The molecule has 2 unspecified atom stereocenters. The average molecular weight is 231 g/mol. The first-order valence-corrected chi connectivity index (χ1v) is 6.73. The van der Waals surface area contributed by atoms with Gasteiger partial charge in [-0.25, -0.2) is 18.6 Å². The quantitative estimate of drug-likeness (QED) is 0.460. The van der Waals surface area contributed by atoms with Crippen molar-refractivity contribution < 1.29 is 18.6 Å².